The summed E-state index contributed by atoms with van der Waals surface area (Å²) < 4.78 is 13.8. The smallest absolute Gasteiger partial charge is 0.128 e. The molecule has 1 saturated heterocycles. The van der Waals surface area contributed by atoms with Crippen LogP contribution in [0.2, 0.25) is 0 Å². The molecule has 0 bridgehead atoms. The number of rotatable bonds is 3. The highest BCUT2D eigenvalue weighted by atomic mass is 19.1. The highest BCUT2D eigenvalue weighted by molar-refractivity contribution is 5.28. The van der Waals surface area contributed by atoms with Crippen molar-refractivity contribution in [3.63, 3.8) is 0 Å². The van der Waals surface area contributed by atoms with Gasteiger partial charge in [-0.15, -0.1) is 0 Å². The van der Waals surface area contributed by atoms with Crippen LogP contribution < -0.4 is 5.73 Å². The molecule has 1 fully saturated rings. The second-order valence-electron chi connectivity index (χ2n) is 4.77. The quantitative estimate of drug-likeness (QED) is 0.874. The van der Waals surface area contributed by atoms with Gasteiger partial charge in [-0.2, -0.15) is 0 Å². The molecule has 1 aromatic rings. The molecule has 1 heterocycles. The monoisotopic (exact) mass is 236 g/mol. The van der Waals surface area contributed by atoms with Gasteiger partial charge in [-0.3, -0.25) is 4.90 Å². The molecule has 1 aromatic carbocycles. The van der Waals surface area contributed by atoms with Crippen LogP contribution in [0, 0.1) is 5.82 Å². The Kier molecular flexibility index (Phi) is 4.51. The largest absolute Gasteiger partial charge is 0.326 e. The summed E-state index contributed by atoms with van der Waals surface area (Å²) in [7, 11) is 0. The molecule has 2 rings (SSSR count). The van der Waals surface area contributed by atoms with E-state index >= 15 is 0 Å². The summed E-state index contributed by atoms with van der Waals surface area (Å²) in [5.41, 5.74) is 7.40. The Bertz CT molecular complexity index is 357. The molecule has 0 aliphatic carbocycles. The maximum atomic E-state index is 13.8. The van der Waals surface area contributed by atoms with Crippen LogP contribution in [0.1, 0.15) is 36.8 Å². The van der Waals surface area contributed by atoms with Crippen molar-refractivity contribution in [1.29, 1.82) is 0 Å². The lowest BCUT2D eigenvalue weighted by Gasteiger charge is -2.21. The van der Waals surface area contributed by atoms with Crippen LogP contribution in [0.3, 0.4) is 0 Å². The summed E-state index contributed by atoms with van der Waals surface area (Å²) in [4.78, 5) is 2.35. The minimum Gasteiger partial charge on any atom is -0.326 e. The van der Waals surface area contributed by atoms with Gasteiger partial charge in [0.1, 0.15) is 5.82 Å². The molecule has 1 aliphatic heterocycles. The van der Waals surface area contributed by atoms with E-state index in [1.54, 1.807) is 6.07 Å². The van der Waals surface area contributed by atoms with Crippen molar-refractivity contribution in [2.75, 3.05) is 13.1 Å². The number of likely N-dealkylation sites (tertiary alicyclic amines) is 1. The summed E-state index contributed by atoms with van der Waals surface area (Å²) in [6.07, 6.45) is 5.06. The van der Waals surface area contributed by atoms with E-state index in [4.69, 9.17) is 5.73 Å². The van der Waals surface area contributed by atoms with Gasteiger partial charge in [0.2, 0.25) is 0 Å². The third kappa shape index (κ3) is 3.27. The van der Waals surface area contributed by atoms with E-state index in [9.17, 15) is 4.39 Å². The minimum absolute atomic E-state index is 0.114. The Hall–Kier alpha value is -0.930. The Morgan fingerprint density at radius 2 is 1.82 bits per heavy atom. The summed E-state index contributed by atoms with van der Waals surface area (Å²) in [6.45, 7) is 3.29. The van der Waals surface area contributed by atoms with E-state index < -0.39 is 0 Å². The first-order valence-corrected chi connectivity index (χ1v) is 6.50. The van der Waals surface area contributed by atoms with Crippen LogP contribution in [0.4, 0.5) is 4.39 Å². The van der Waals surface area contributed by atoms with Crippen LogP contribution >= 0.6 is 0 Å². The Morgan fingerprint density at radius 3 is 2.47 bits per heavy atom. The van der Waals surface area contributed by atoms with Crippen molar-refractivity contribution in [2.45, 2.75) is 38.8 Å². The SMILES string of the molecule is NCc1cccc(F)c1CN1CCCCCC1. The number of hydrogen-bond donors (Lipinski definition) is 1. The highest BCUT2D eigenvalue weighted by Crippen LogP contribution is 2.18. The summed E-state index contributed by atoms with van der Waals surface area (Å²) in [5, 5.41) is 0. The molecular formula is C14H21FN2. The van der Waals surface area contributed by atoms with Crippen molar-refractivity contribution >= 4 is 0 Å². The maximum absolute atomic E-state index is 13.8. The highest BCUT2D eigenvalue weighted by Gasteiger charge is 2.14. The fourth-order valence-corrected chi connectivity index (χ4v) is 2.49. The van der Waals surface area contributed by atoms with E-state index in [2.05, 4.69) is 4.90 Å². The first kappa shape index (κ1) is 12.5. The molecule has 0 atom stereocenters. The molecule has 2 N–H and O–H groups in total. The average Bonchev–Trinajstić information content (AvgIpc) is 2.60. The van der Waals surface area contributed by atoms with Crippen LogP contribution in [0.25, 0.3) is 0 Å². The van der Waals surface area contributed by atoms with Crippen molar-refractivity contribution in [3.05, 3.63) is 35.1 Å². The van der Waals surface area contributed by atoms with Gasteiger partial charge < -0.3 is 5.73 Å². The Balaban J connectivity index is 2.11. The molecule has 1 aliphatic rings. The average molecular weight is 236 g/mol. The fourth-order valence-electron chi connectivity index (χ4n) is 2.49. The van der Waals surface area contributed by atoms with Gasteiger partial charge in [0.25, 0.3) is 0 Å². The number of nitrogens with two attached hydrogens (primary N) is 1. The van der Waals surface area contributed by atoms with Crippen LogP contribution in [-0.2, 0) is 13.1 Å². The van der Waals surface area contributed by atoms with E-state index in [1.807, 2.05) is 6.07 Å². The maximum Gasteiger partial charge on any atom is 0.128 e. The van der Waals surface area contributed by atoms with E-state index in [0.717, 1.165) is 24.2 Å². The van der Waals surface area contributed by atoms with Gasteiger partial charge in [0.05, 0.1) is 0 Å². The zero-order valence-electron chi connectivity index (χ0n) is 10.3. The fraction of sp³-hybridized carbons (Fsp3) is 0.571. The third-order valence-corrected chi connectivity index (χ3v) is 3.52. The summed E-state index contributed by atoms with van der Waals surface area (Å²) >= 11 is 0. The molecule has 94 valence electrons. The molecule has 0 amide bonds. The van der Waals surface area contributed by atoms with Crippen molar-refractivity contribution in [2.24, 2.45) is 5.73 Å². The second kappa shape index (κ2) is 6.12. The van der Waals surface area contributed by atoms with Gasteiger partial charge in [0, 0.05) is 18.7 Å². The minimum atomic E-state index is -0.114. The third-order valence-electron chi connectivity index (χ3n) is 3.52. The predicted molar refractivity (Wildman–Crippen MR) is 68.0 cm³/mol. The zero-order valence-corrected chi connectivity index (χ0v) is 10.3. The van der Waals surface area contributed by atoms with Crippen LogP contribution in [-0.4, -0.2) is 18.0 Å². The summed E-state index contributed by atoms with van der Waals surface area (Å²) in [5.74, 6) is -0.114. The van der Waals surface area contributed by atoms with E-state index in [-0.39, 0.29) is 5.82 Å². The lowest BCUT2D eigenvalue weighted by Crippen LogP contribution is -2.25. The Morgan fingerprint density at radius 1 is 1.12 bits per heavy atom. The van der Waals surface area contributed by atoms with Crippen LogP contribution in [0.15, 0.2) is 18.2 Å². The lowest BCUT2D eigenvalue weighted by molar-refractivity contribution is 0.272. The Labute approximate surface area is 103 Å². The number of halogens is 1. The number of benzene rings is 1. The molecule has 3 heteroatoms. The van der Waals surface area contributed by atoms with Crippen molar-refractivity contribution < 1.29 is 4.39 Å². The normalized spacial score (nSPS) is 18.0. The van der Waals surface area contributed by atoms with Gasteiger partial charge >= 0.3 is 0 Å². The molecule has 0 unspecified atom stereocenters. The van der Waals surface area contributed by atoms with Gasteiger partial charge in [-0.1, -0.05) is 25.0 Å². The molecule has 0 aromatic heterocycles. The van der Waals surface area contributed by atoms with Gasteiger partial charge in [-0.05, 0) is 37.6 Å². The van der Waals surface area contributed by atoms with Crippen molar-refractivity contribution in [1.82, 2.24) is 4.90 Å². The zero-order chi connectivity index (χ0) is 12.1. The lowest BCUT2D eigenvalue weighted by atomic mass is 10.1. The van der Waals surface area contributed by atoms with Crippen molar-refractivity contribution in [3.8, 4) is 0 Å². The molecule has 0 saturated carbocycles. The van der Waals surface area contributed by atoms with E-state index in [1.165, 1.54) is 31.7 Å². The van der Waals surface area contributed by atoms with Gasteiger partial charge in [-0.25, -0.2) is 4.39 Å². The molecule has 0 radical (unpaired) electrons. The first-order valence-electron chi connectivity index (χ1n) is 6.50. The molecule has 0 spiro atoms. The second-order valence-corrected chi connectivity index (χ2v) is 4.77. The summed E-state index contributed by atoms with van der Waals surface area (Å²) in [6, 6.07) is 5.20. The predicted octanol–water partition coefficient (Wildman–Crippen LogP) is 2.66. The molecular weight excluding hydrogens is 215 g/mol. The number of hydrogen-bond acceptors (Lipinski definition) is 2. The van der Waals surface area contributed by atoms with E-state index in [0.29, 0.717) is 13.1 Å². The van der Waals surface area contributed by atoms with Gasteiger partial charge in [0.15, 0.2) is 0 Å². The number of nitrogens with zero attached hydrogens (tertiary/aromatic N) is 1. The topological polar surface area (TPSA) is 29.3 Å². The van der Waals surface area contributed by atoms with Crippen LogP contribution in [0.5, 0.6) is 0 Å². The molecule has 2 nitrogen and oxygen atoms in total. The molecule has 17 heavy (non-hydrogen) atoms. The standard InChI is InChI=1S/C14H21FN2/c15-14-7-5-6-12(10-16)13(14)11-17-8-3-1-2-4-9-17/h5-7H,1-4,8-11,16H2. The first-order chi connectivity index (χ1) is 8.31.